The molecular formula is C12H11N3O3. The molecule has 3 rings (SSSR count). The first-order valence-corrected chi connectivity index (χ1v) is 5.43. The number of phenolic OH excluding ortho intramolecular Hbond substituents is 1. The highest BCUT2D eigenvalue weighted by molar-refractivity contribution is 5.52. The number of hydrogen-bond donors (Lipinski definition) is 2. The first-order valence-electron chi connectivity index (χ1n) is 5.43. The quantitative estimate of drug-likeness (QED) is 0.853. The van der Waals surface area contributed by atoms with Crippen molar-refractivity contribution in [1.82, 2.24) is 9.97 Å². The Labute approximate surface area is 103 Å². The maximum absolute atomic E-state index is 9.85. The Morgan fingerprint density at radius 2 is 1.89 bits per heavy atom. The first-order chi connectivity index (χ1) is 8.83. The summed E-state index contributed by atoms with van der Waals surface area (Å²) in [5, 5.41) is 13.0. The molecule has 6 heteroatoms. The Hall–Kier alpha value is -2.50. The number of ether oxygens (including phenoxy) is 2. The number of anilines is 1. The van der Waals surface area contributed by atoms with Crippen molar-refractivity contribution in [3.63, 3.8) is 0 Å². The molecule has 1 aliphatic rings. The molecule has 0 unspecified atom stereocenters. The Bertz CT molecular complexity index is 560. The summed E-state index contributed by atoms with van der Waals surface area (Å²) in [7, 11) is 0. The second-order valence-electron chi connectivity index (χ2n) is 3.81. The van der Waals surface area contributed by atoms with Gasteiger partial charge in [-0.2, -0.15) is 0 Å². The van der Waals surface area contributed by atoms with Crippen LogP contribution in [0.2, 0.25) is 0 Å². The molecule has 2 heterocycles. The van der Waals surface area contributed by atoms with Gasteiger partial charge in [-0.1, -0.05) is 0 Å². The molecule has 6 nitrogen and oxygen atoms in total. The lowest BCUT2D eigenvalue weighted by molar-refractivity contribution is 0.174. The van der Waals surface area contributed by atoms with Gasteiger partial charge in [-0.05, 0) is 6.07 Å². The van der Waals surface area contributed by atoms with Crippen molar-refractivity contribution in [2.45, 2.75) is 6.54 Å². The summed E-state index contributed by atoms with van der Waals surface area (Å²) in [5.41, 5.74) is 1.51. The fraction of sp³-hybridized carbons (Fsp3) is 0.167. The standard InChI is InChI=1S/C12H11N3O3/c16-10-2-12-11(17-7-18-12)1-8(10)3-15-9-4-13-6-14-5-9/h1-2,4-6,15-16H,3,7H2. The van der Waals surface area contributed by atoms with E-state index in [1.54, 1.807) is 24.5 Å². The Morgan fingerprint density at radius 1 is 1.17 bits per heavy atom. The minimum Gasteiger partial charge on any atom is -0.507 e. The molecule has 2 aromatic rings. The number of aromatic nitrogens is 2. The average molecular weight is 245 g/mol. The van der Waals surface area contributed by atoms with Crippen LogP contribution in [0.5, 0.6) is 17.2 Å². The molecule has 92 valence electrons. The normalized spacial score (nSPS) is 12.4. The number of rotatable bonds is 3. The highest BCUT2D eigenvalue weighted by Crippen LogP contribution is 2.37. The summed E-state index contributed by atoms with van der Waals surface area (Å²) < 4.78 is 10.4. The van der Waals surface area contributed by atoms with E-state index >= 15 is 0 Å². The highest BCUT2D eigenvalue weighted by Gasteiger charge is 2.16. The van der Waals surface area contributed by atoms with Crippen LogP contribution in [0.4, 0.5) is 5.69 Å². The van der Waals surface area contributed by atoms with E-state index in [2.05, 4.69) is 15.3 Å². The molecule has 0 aliphatic carbocycles. The van der Waals surface area contributed by atoms with E-state index in [4.69, 9.17) is 9.47 Å². The van der Waals surface area contributed by atoms with Gasteiger partial charge in [0, 0.05) is 18.2 Å². The smallest absolute Gasteiger partial charge is 0.231 e. The molecule has 0 spiro atoms. The SMILES string of the molecule is Oc1cc2c(cc1CNc1cncnc1)OCO2. The van der Waals surface area contributed by atoms with Gasteiger partial charge in [-0.25, -0.2) is 9.97 Å². The van der Waals surface area contributed by atoms with E-state index in [0.29, 0.717) is 18.0 Å². The molecule has 0 bridgehead atoms. The zero-order chi connectivity index (χ0) is 12.4. The number of hydrogen-bond acceptors (Lipinski definition) is 6. The van der Waals surface area contributed by atoms with Gasteiger partial charge in [0.1, 0.15) is 12.1 Å². The lowest BCUT2D eigenvalue weighted by atomic mass is 10.1. The summed E-state index contributed by atoms with van der Waals surface area (Å²) in [4.78, 5) is 7.79. The predicted octanol–water partition coefficient (Wildman–Crippen LogP) is 1.52. The molecule has 0 saturated carbocycles. The van der Waals surface area contributed by atoms with Crippen molar-refractivity contribution in [1.29, 1.82) is 0 Å². The van der Waals surface area contributed by atoms with Gasteiger partial charge in [-0.3, -0.25) is 0 Å². The van der Waals surface area contributed by atoms with E-state index in [1.807, 2.05) is 0 Å². The monoisotopic (exact) mass is 245 g/mol. The van der Waals surface area contributed by atoms with Crippen molar-refractivity contribution in [2.24, 2.45) is 0 Å². The number of fused-ring (bicyclic) bond motifs is 1. The average Bonchev–Trinajstić information content (AvgIpc) is 2.84. The predicted molar refractivity (Wildman–Crippen MR) is 63.6 cm³/mol. The van der Waals surface area contributed by atoms with Gasteiger partial charge < -0.3 is 19.9 Å². The van der Waals surface area contributed by atoms with Crippen LogP contribution in [0.15, 0.2) is 30.9 Å². The molecule has 1 aliphatic heterocycles. The van der Waals surface area contributed by atoms with Gasteiger partial charge in [0.25, 0.3) is 0 Å². The van der Waals surface area contributed by atoms with Crippen molar-refractivity contribution in [3.05, 3.63) is 36.4 Å². The van der Waals surface area contributed by atoms with Crippen LogP contribution in [0.1, 0.15) is 5.56 Å². The zero-order valence-electron chi connectivity index (χ0n) is 9.46. The van der Waals surface area contributed by atoms with Crippen molar-refractivity contribution in [3.8, 4) is 17.2 Å². The van der Waals surface area contributed by atoms with Crippen LogP contribution in [-0.2, 0) is 6.54 Å². The fourth-order valence-corrected chi connectivity index (χ4v) is 1.70. The van der Waals surface area contributed by atoms with E-state index < -0.39 is 0 Å². The van der Waals surface area contributed by atoms with E-state index in [9.17, 15) is 5.11 Å². The molecule has 0 atom stereocenters. The lowest BCUT2D eigenvalue weighted by Gasteiger charge is -2.08. The minimum absolute atomic E-state index is 0.170. The maximum Gasteiger partial charge on any atom is 0.231 e. The summed E-state index contributed by atoms with van der Waals surface area (Å²) in [6.45, 7) is 0.647. The molecule has 1 aromatic heterocycles. The molecule has 0 radical (unpaired) electrons. The van der Waals surface area contributed by atoms with Crippen molar-refractivity contribution in [2.75, 3.05) is 12.1 Å². The third-order valence-electron chi connectivity index (χ3n) is 2.62. The summed E-state index contributed by atoms with van der Waals surface area (Å²) >= 11 is 0. The second kappa shape index (κ2) is 4.40. The van der Waals surface area contributed by atoms with Crippen molar-refractivity contribution < 1.29 is 14.6 Å². The second-order valence-corrected chi connectivity index (χ2v) is 3.81. The Morgan fingerprint density at radius 3 is 2.67 bits per heavy atom. The molecule has 1 aromatic carbocycles. The highest BCUT2D eigenvalue weighted by atomic mass is 16.7. The van der Waals surface area contributed by atoms with E-state index in [-0.39, 0.29) is 12.5 Å². The number of benzene rings is 1. The topological polar surface area (TPSA) is 76.5 Å². The van der Waals surface area contributed by atoms with Crippen LogP contribution in [0.25, 0.3) is 0 Å². The van der Waals surface area contributed by atoms with Gasteiger partial charge in [0.2, 0.25) is 6.79 Å². The maximum atomic E-state index is 9.85. The van der Waals surface area contributed by atoms with Crippen LogP contribution in [0.3, 0.4) is 0 Å². The largest absolute Gasteiger partial charge is 0.507 e. The third kappa shape index (κ3) is 2.00. The molecule has 0 amide bonds. The molecule has 18 heavy (non-hydrogen) atoms. The van der Waals surface area contributed by atoms with Crippen LogP contribution >= 0.6 is 0 Å². The van der Waals surface area contributed by atoms with Crippen molar-refractivity contribution >= 4 is 5.69 Å². The fourth-order valence-electron chi connectivity index (χ4n) is 1.70. The molecular weight excluding hydrogens is 234 g/mol. The van der Waals surface area contributed by atoms with Gasteiger partial charge in [0.05, 0.1) is 18.1 Å². The molecule has 2 N–H and O–H groups in total. The third-order valence-corrected chi connectivity index (χ3v) is 2.62. The Kier molecular flexibility index (Phi) is 2.60. The van der Waals surface area contributed by atoms with E-state index in [0.717, 1.165) is 11.3 Å². The lowest BCUT2D eigenvalue weighted by Crippen LogP contribution is -2.00. The van der Waals surface area contributed by atoms with Crippen LogP contribution in [0, 0.1) is 0 Å². The van der Waals surface area contributed by atoms with Gasteiger partial charge >= 0.3 is 0 Å². The minimum atomic E-state index is 0.170. The summed E-state index contributed by atoms with van der Waals surface area (Å²) in [5.74, 6) is 1.39. The zero-order valence-corrected chi connectivity index (χ0v) is 9.46. The van der Waals surface area contributed by atoms with Crippen LogP contribution in [-0.4, -0.2) is 21.9 Å². The first kappa shape index (κ1) is 10.6. The van der Waals surface area contributed by atoms with E-state index in [1.165, 1.54) is 6.33 Å². The Balaban J connectivity index is 1.77. The molecule has 0 fully saturated rings. The van der Waals surface area contributed by atoms with Gasteiger partial charge in [-0.15, -0.1) is 0 Å². The summed E-state index contributed by atoms with van der Waals surface area (Å²) in [6, 6.07) is 3.31. The summed E-state index contributed by atoms with van der Waals surface area (Å²) in [6.07, 6.45) is 4.79. The number of nitrogens with zero attached hydrogens (tertiary/aromatic N) is 2. The van der Waals surface area contributed by atoms with Gasteiger partial charge in [0.15, 0.2) is 11.5 Å². The number of nitrogens with one attached hydrogen (secondary N) is 1. The number of phenols is 1. The molecule has 0 saturated heterocycles. The number of aromatic hydroxyl groups is 1. The van der Waals surface area contributed by atoms with Crippen LogP contribution < -0.4 is 14.8 Å².